The number of anilines is 1. The molecule has 1 aliphatic rings. The van der Waals surface area contributed by atoms with Crippen molar-refractivity contribution in [2.24, 2.45) is 5.92 Å². The number of benzene rings is 2. The van der Waals surface area contributed by atoms with Gasteiger partial charge < -0.3 is 24.4 Å². The second kappa shape index (κ2) is 9.73. The summed E-state index contributed by atoms with van der Waals surface area (Å²) in [6, 6.07) is 12.4. The van der Waals surface area contributed by atoms with E-state index in [9.17, 15) is 9.59 Å². The SMILES string of the molecule is COc1ccc(N2C(=O)CC[C@@H](C(=O)NC(C)C)[C@@H]2c2ccc(OC)c(OC)c2)cc1. The zero-order valence-corrected chi connectivity index (χ0v) is 18.7. The average molecular weight is 427 g/mol. The molecule has 3 rings (SSSR count). The maximum atomic E-state index is 13.1. The molecule has 2 aromatic rings. The van der Waals surface area contributed by atoms with Crippen LogP contribution in [0.5, 0.6) is 17.2 Å². The van der Waals surface area contributed by atoms with Crippen LogP contribution in [0.3, 0.4) is 0 Å². The normalized spacial score (nSPS) is 18.6. The largest absolute Gasteiger partial charge is 0.497 e. The zero-order chi connectivity index (χ0) is 22.5. The van der Waals surface area contributed by atoms with Crippen LogP contribution in [0, 0.1) is 5.92 Å². The van der Waals surface area contributed by atoms with Crippen molar-refractivity contribution in [2.45, 2.75) is 38.8 Å². The van der Waals surface area contributed by atoms with Gasteiger partial charge in [-0.25, -0.2) is 0 Å². The Morgan fingerprint density at radius 3 is 2.26 bits per heavy atom. The van der Waals surface area contributed by atoms with Crippen molar-refractivity contribution < 1.29 is 23.8 Å². The van der Waals surface area contributed by atoms with Gasteiger partial charge in [0.25, 0.3) is 0 Å². The first-order valence-electron chi connectivity index (χ1n) is 10.4. The van der Waals surface area contributed by atoms with E-state index < -0.39 is 12.0 Å². The molecule has 0 aliphatic carbocycles. The molecule has 0 spiro atoms. The van der Waals surface area contributed by atoms with Gasteiger partial charge in [-0.15, -0.1) is 0 Å². The third-order valence-electron chi connectivity index (χ3n) is 5.46. The minimum atomic E-state index is -0.479. The van der Waals surface area contributed by atoms with Gasteiger partial charge in [-0.1, -0.05) is 6.07 Å². The third-order valence-corrected chi connectivity index (χ3v) is 5.46. The van der Waals surface area contributed by atoms with Crippen molar-refractivity contribution in [1.29, 1.82) is 0 Å². The van der Waals surface area contributed by atoms with E-state index in [1.165, 1.54) is 0 Å². The number of piperidine rings is 1. The molecule has 0 aromatic heterocycles. The molecule has 0 unspecified atom stereocenters. The Morgan fingerprint density at radius 1 is 1.00 bits per heavy atom. The van der Waals surface area contributed by atoms with Crippen molar-refractivity contribution in [1.82, 2.24) is 5.32 Å². The predicted molar refractivity (Wildman–Crippen MR) is 119 cm³/mol. The first-order chi connectivity index (χ1) is 14.9. The molecule has 7 heteroatoms. The van der Waals surface area contributed by atoms with Gasteiger partial charge in [-0.05, 0) is 62.2 Å². The van der Waals surface area contributed by atoms with Crippen LogP contribution < -0.4 is 24.4 Å². The highest BCUT2D eigenvalue weighted by atomic mass is 16.5. The first kappa shape index (κ1) is 22.5. The second-order valence-electron chi connectivity index (χ2n) is 7.83. The molecule has 1 heterocycles. The van der Waals surface area contributed by atoms with Crippen molar-refractivity contribution in [3.63, 3.8) is 0 Å². The number of amides is 2. The summed E-state index contributed by atoms with van der Waals surface area (Å²) < 4.78 is 16.1. The lowest BCUT2D eigenvalue weighted by Crippen LogP contribution is -2.49. The number of nitrogens with one attached hydrogen (secondary N) is 1. The lowest BCUT2D eigenvalue weighted by atomic mass is 9.83. The summed E-state index contributed by atoms with van der Waals surface area (Å²) in [5.41, 5.74) is 1.53. The Hall–Kier alpha value is -3.22. The maximum Gasteiger partial charge on any atom is 0.227 e. The molecule has 166 valence electrons. The number of rotatable bonds is 7. The monoisotopic (exact) mass is 426 g/mol. The van der Waals surface area contributed by atoms with Crippen molar-refractivity contribution in [2.75, 3.05) is 26.2 Å². The molecule has 1 aliphatic heterocycles. The van der Waals surface area contributed by atoms with Crippen LogP contribution in [0.2, 0.25) is 0 Å². The molecule has 0 radical (unpaired) electrons. The summed E-state index contributed by atoms with van der Waals surface area (Å²) >= 11 is 0. The number of nitrogens with zero attached hydrogens (tertiary/aromatic N) is 1. The Balaban J connectivity index is 2.11. The molecule has 1 saturated heterocycles. The lowest BCUT2D eigenvalue weighted by Gasteiger charge is -2.41. The van der Waals surface area contributed by atoms with Gasteiger partial charge in [0.15, 0.2) is 11.5 Å². The van der Waals surface area contributed by atoms with Gasteiger partial charge in [-0.3, -0.25) is 9.59 Å². The number of methoxy groups -OCH3 is 3. The van der Waals surface area contributed by atoms with Gasteiger partial charge in [0.05, 0.1) is 33.3 Å². The summed E-state index contributed by atoms with van der Waals surface area (Å²) in [6.07, 6.45) is 0.773. The van der Waals surface area contributed by atoms with Crippen LogP contribution in [-0.4, -0.2) is 39.2 Å². The first-order valence-corrected chi connectivity index (χ1v) is 10.4. The van der Waals surface area contributed by atoms with Crippen LogP contribution in [0.25, 0.3) is 0 Å². The minimum absolute atomic E-state index is 0.00520. The van der Waals surface area contributed by atoms with Gasteiger partial charge in [0.2, 0.25) is 11.8 Å². The van der Waals surface area contributed by atoms with E-state index in [2.05, 4.69) is 5.32 Å². The van der Waals surface area contributed by atoms with Gasteiger partial charge in [0, 0.05) is 18.2 Å². The summed E-state index contributed by atoms with van der Waals surface area (Å²) in [7, 11) is 4.74. The zero-order valence-electron chi connectivity index (χ0n) is 18.7. The Bertz CT molecular complexity index is 926. The van der Waals surface area contributed by atoms with Gasteiger partial charge >= 0.3 is 0 Å². The molecular weight excluding hydrogens is 396 g/mol. The molecule has 1 N–H and O–H groups in total. The van der Waals surface area contributed by atoms with E-state index in [0.717, 1.165) is 5.56 Å². The summed E-state index contributed by atoms with van der Waals surface area (Å²) in [5, 5.41) is 3.02. The molecule has 7 nitrogen and oxygen atoms in total. The van der Waals surface area contributed by atoms with E-state index in [1.54, 1.807) is 32.3 Å². The number of carbonyl (C=O) groups is 2. The average Bonchev–Trinajstić information content (AvgIpc) is 2.77. The number of hydrogen-bond donors (Lipinski definition) is 1. The fourth-order valence-electron chi connectivity index (χ4n) is 4.02. The maximum absolute atomic E-state index is 13.1. The second-order valence-corrected chi connectivity index (χ2v) is 7.83. The van der Waals surface area contributed by atoms with Crippen molar-refractivity contribution >= 4 is 17.5 Å². The van der Waals surface area contributed by atoms with Crippen LogP contribution in [-0.2, 0) is 9.59 Å². The number of hydrogen-bond acceptors (Lipinski definition) is 5. The van der Waals surface area contributed by atoms with E-state index >= 15 is 0 Å². The van der Waals surface area contributed by atoms with E-state index in [0.29, 0.717) is 35.8 Å². The lowest BCUT2D eigenvalue weighted by molar-refractivity contribution is -0.129. The molecule has 2 aromatic carbocycles. The van der Waals surface area contributed by atoms with Crippen LogP contribution in [0.15, 0.2) is 42.5 Å². The molecule has 2 atom stereocenters. The highest BCUT2D eigenvalue weighted by Crippen LogP contribution is 2.42. The van der Waals surface area contributed by atoms with Gasteiger partial charge in [0.1, 0.15) is 5.75 Å². The molecule has 0 saturated carbocycles. The standard InChI is InChI=1S/C24H30N2O5/c1-15(2)25-24(28)19-11-13-22(27)26(17-7-9-18(29-3)10-8-17)23(19)16-6-12-20(30-4)21(14-16)31-5/h6-10,12,14-15,19,23H,11,13H2,1-5H3,(H,25,28)/t19-,23+/m1/s1. The van der Waals surface area contributed by atoms with E-state index in [1.807, 2.05) is 50.2 Å². The molecule has 2 amide bonds. The fourth-order valence-corrected chi connectivity index (χ4v) is 4.02. The van der Waals surface area contributed by atoms with Crippen molar-refractivity contribution in [3.8, 4) is 17.2 Å². The van der Waals surface area contributed by atoms with Crippen molar-refractivity contribution in [3.05, 3.63) is 48.0 Å². The quantitative estimate of drug-likeness (QED) is 0.730. The summed E-state index contributed by atoms with van der Waals surface area (Å²) in [6.45, 7) is 3.86. The number of ether oxygens (including phenoxy) is 3. The summed E-state index contributed by atoms with van der Waals surface area (Å²) in [5.74, 6) is 1.34. The fraction of sp³-hybridized carbons (Fsp3) is 0.417. The van der Waals surface area contributed by atoms with E-state index in [-0.39, 0.29) is 17.9 Å². The van der Waals surface area contributed by atoms with Crippen LogP contribution in [0.1, 0.15) is 38.3 Å². The van der Waals surface area contributed by atoms with Crippen LogP contribution in [0.4, 0.5) is 5.69 Å². The molecule has 0 bridgehead atoms. The molecule has 31 heavy (non-hydrogen) atoms. The minimum Gasteiger partial charge on any atom is -0.497 e. The van der Waals surface area contributed by atoms with E-state index in [4.69, 9.17) is 14.2 Å². The summed E-state index contributed by atoms with van der Waals surface area (Å²) in [4.78, 5) is 28.0. The highest BCUT2D eigenvalue weighted by Gasteiger charge is 2.41. The Morgan fingerprint density at radius 2 is 1.68 bits per heavy atom. The topological polar surface area (TPSA) is 77.1 Å². The Kier molecular flexibility index (Phi) is 7.05. The molecule has 1 fully saturated rings. The molecular formula is C24H30N2O5. The smallest absolute Gasteiger partial charge is 0.227 e. The number of carbonyl (C=O) groups excluding carboxylic acids is 2. The third kappa shape index (κ3) is 4.76. The van der Waals surface area contributed by atoms with Gasteiger partial charge in [-0.2, -0.15) is 0 Å². The predicted octanol–water partition coefficient (Wildman–Crippen LogP) is 3.72. The van der Waals surface area contributed by atoms with Crippen LogP contribution >= 0.6 is 0 Å². The Labute approximate surface area is 183 Å². The highest BCUT2D eigenvalue weighted by molar-refractivity contribution is 5.97.